The van der Waals surface area contributed by atoms with E-state index in [0.29, 0.717) is 6.54 Å². The Labute approximate surface area is 119 Å². The summed E-state index contributed by atoms with van der Waals surface area (Å²) in [6.07, 6.45) is 5.19. The molecular formula is C13H24N6O. The van der Waals surface area contributed by atoms with Gasteiger partial charge in [-0.3, -0.25) is 15.6 Å². The van der Waals surface area contributed by atoms with Gasteiger partial charge in [0.2, 0.25) is 5.91 Å². The second-order valence-corrected chi connectivity index (χ2v) is 5.40. The maximum Gasteiger partial charge on any atom is 0.237 e. The summed E-state index contributed by atoms with van der Waals surface area (Å²) in [4.78, 5) is 19.2. The Morgan fingerprint density at radius 2 is 2.15 bits per heavy atom. The molecule has 0 bridgehead atoms. The molecule has 0 aromatic carbocycles. The lowest BCUT2D eigenvalue weighted by atomic mass is 9.88. The Bertz CT molecular complexity index is 411. The molecule has 1 aromatic rings. The number of aryl methyl sites for hydroxylation is 1. The molecule has 1 amide bonds. The lowest BCUT2D eigenvalue weighted by Gasteiger charge is -2.24. The van der Waals surface area contributed by atoms with Crippen molar-refractivity contribution in [3.05, 3.63) is 18.2 Å². The number of carbonyl (C=O) groups is 1. The summed E-state index contributed by atoms with van der Waals surface area (Å²) in [5, 5.41) is 2.90. The number of aromatic nitrogens is 2. The highest BCUT2D eigenvalue weighted by molar-refractivity contribution is 5.82. The molecule has 0 saturated carbocycles. The number of nitrogens with one attached hydrogen (secondary N) is 4. The molecule has 3 unspecified atom stereocenters. The number of hydrogen-bond acceptors (Lipinski definition) is 5. The zero-order valence-electron chi connectivity index (χ0n) is 12.0. The van der Waals surface area contributed by atoms with Gasteiger partial charge in [-0.05, 0) is 20.3 Å². The topological polar surface area (TPSA) is 108 Å². The van der Waals surface area contributed by atoms with Crippen molar-refractivity contribution in [2.45, 2.75) is 44.8 Å². The Morgan fingerprint density at radius 1 is 1.45 bits per heavy atom. The molecule has 1 saturated heterocycles. The first-order valence-corrected chi connectivity index (χ1v) is 7.12. The van der Waals surface area contributed by atoms with Crippen molar-refractivity contribution in [2.24, 2.45) is 11.7 Å². The van der Waals surface area contributed by atoms with Crippen molar-refractivity contribution in [3.8, 4) is 0 Å². The van der Waals surface area contributed by atoms with Crippen LogP contribution in [-0.4, -0.2) is 40.5 Å². The quantitative estimate of drug-likeness (QED) is 0.442. The van der Waals surface area contributed by atoms with E-state index in [9.17, 15) is 4.79 Å². The fourth-order valence-electron chi connectivity index (χ4n) is 2.71. The predicted octanol–water partition coefficient (Wildman–Crippen LogP) is -0.713. The van der Waals surface area contributed by atoms with E-state index >= 15 is 0 Å². The fraction of sp³-hybridized carbons (Fsp3) is 0.692. The first-order valence-electron chi connectivity index (χ1n) is 7.12. The van der Waals surface area contributed by atoms with Gasteiger partial charge >= 0.3 is 0 Å². The molecule has 6 N–H and O–H groups in total. The number of hydrogen-bond donors (Lipinski definition) is 5. The van der Waals surface area contributed by atoms with E-state index in [0.717, 1.165) is 18.7 Å². The number of amides is 1. The van der Waals surface area contributed by atoms with E-state index in [1.807, 2.05) is 13.8 Å². The van der Waals surface area contributed by atoms with E-state index in [-0.39, 0.29) is 23.9 Å². The van der Waals surface area contributed by atoms with Crippen LogP contribution in [0.5, 0.6) is 0 Å². The minimum atomic E-state index is -0.494. The molecule has 0 radical (unpaired) electrons. The van der Waals surface area contributed by atoms with Gasteiger partial charge in [0, 0.05) is 43.4 Å². The third-order valence-electron chi connectivity index (χ3n) is 3.86. The van der Waals surface area contributed by atoms with Gasteiger partial charge in [-0.1, -0.05) is 0 Å². The summed E-state index contributed by atoms with van der Waals surface area (Å²) in [6, 6.07) is -0.117. The molecule has 1 fully saturated rings. The predicted molar refractivity (Wildman–Crippen MR) is 76.6 cm³/mol. The lowest BCUT2D eigenvalue weighted by Crippen LogP contribution is -2.51. The standard InChI is InChI=1S/C13H24N6O/c1-8-11(9(2)19-18-8)12(14)13(20)17-5-3-4-10-15-6-7-16-10/h6-9,11-12,18-19H,3-5,14H2,1-2H3,(H,15,16)(H,17,20). The fourth-order valence-corrected chi connectivity index (χ4v) is 2.71. The monoisotopic (exact) mass is 280 g/mol. The molecule has 2 rings (SSSR count). The van der Waals surface area contributed by atoms with Gasteiger partial charge in [-0.2, -0.15) is 0 Å². The summed E-state index contributed by atoms with van der Waals surface area (Å²) in [7, 11) is 0. The number of imidazole rings is 1. The van der Waals surface area contributed by atoms with Gasteiger partial charge in [-0.15, -0.1) is 0 Å². The van der Waals surface area contributed by atoms with Crippen LogP contribution >= 0.6 is 0 Å². The Kier molecular flexibility index (Phi) is 5.11. The van der Waals surface area contributed by atoms with E-state index in [1.54, 1.807) is 12.4 Å². The highest BCUT2D eigenvalue weighted by Gasteiger charge is 2.37. The van der Waals surface area contributed by atoms with Crippen LogP contribution < -0.4 is 21.9 Å². The second-order valence-electron chi connectivity index (χ2n) is 5.40. The summed E-state index contributed by atoms with van der Waals surface area (Å²) < 4.78 is 0. The average molecular weight is 280 g/mol. The van der Waals surface area contributed by atoms with Crippen LogP contribution in [0.2, 0.25) is 0 Å². The molecule has 3 atom stereocenters. The summed E-state index contributed by atoms with van der Waals surface area (Å²) in [5.41, 5.74) is 12.3. The van der Waals surface area contributed by atoms with Crippen molar-refractivity contribution in [3.63, 3.8) is 0 Å². The lowest BCUT2D eigenvalue weighted by molar-refractivity contribution is -0.123. The Hall–Kier alpha value is -1.44. The maximum absolute atomic E-state index is 12.1. The van der Waals surface area contributed by atoms with Crippen molar-refractivity contribution in [2.75, 3.05) is 6.54 Å². The normalized spacial score (nSPS) is 27.4. The number of carbonyl (C=O) groups excluding carboxylic acids is 1. The molecule has 20 heavy (non-hydrogen) atoms. The first kappa shape index (κ1) is 15.0. The van der Waals surface area contributed by atoms with Crippen molar-refractivity contribution in [1.29, 1.82) is 0 Å². The van der Waals surface area contributed by atoms with Crippen LogP contribution in [0.1, 0.15) is 26.1 Å². The van der Waals surface area contributed by atoms with Crippen LogP contribution in [0.25, 0.3) is 0 Å². The molecule has 112 valence electrons. The Morgan fingerprint density at radius 3 is 2.75 bits per heavy atom. The van der Waals surface area contributed by atoms with Crippen LogP contribution in [0, 0.1) is 5.92 Å². The smallest absolute Gasteiger partial charge is 0.237 e. The molecule has 7 heteroatoms. The van der Waals surface area contributed by atoms with E-state index in [4.69, 9.17) is 5.73 Å². The first-order chi connectivity index (χ1) is 9.59. The second kappa shape index (κ2) is 6.83. The highest BCUT2D eigenvalue weighted by atomic mass is 16.2. The average Bonchev–Trinajstić information content (AvgIpc) is 3.04. The zero-order valence-corrected chi connectivity index (χ0v) is 12.0. The molecular weight excluding hydrogens is 256 g/mol. The van der Waals surface area contributed by atoms with Crippen molar-refractivity contribution in [1.82, 2.24) is 26.1 Å². The van der Waals surface area contributed by atoms with Crippen molar-refractivity contribution < 1.29 is 4.79 Å². The summed E-state index contributed by atoms with van der Waals surface area (Å²) in [5.74, 6) is 0.953. The van der Waals surface area contributed by atoms with Gasteiger partial charge in [-0.25, -0.2) is 4.98 Å². The molecule has 1 aliphatic rings. The van der Waals surface area contributed by atoms with Gasteiger partial charge in [0.25, 0.3) is 0 Å². The molecule has 2 heterocycles. The Balaban J connectivity index is 1.71. The number of nitrogens with zero attached hydrogens (tertiary/aromatic N) is 1. The highest BCUT2D eigenvalue weighted by Crippen LogP contribution is 2.17. The van der Waals surface area contributed by atoms with E-state index in [1.165, 1.54) is 0 Å². The third-order valence-corrected chi connectivity index (χ3v) is 3.86. The van der Waals surface area contributed by atoms with Crippen molar-refractivity contribution >= 4 is 5.91 Å². The van der Waals surface area contributed by atoms with Crippen LogP contribution in [0.15, 0.2) is 12.4 Å². The molecule has 7 nitrogen and oxygen atoms in total. The third kappa shape index (κ3) is 3.56. The van der Waals surface area contributed by atoms with Crippen LogP contribution in [0.4, 0.5) is 0 Å². The minimum Gasteiger partial charge on any atom is -0.355 e. The van der Waals surface area contributed by atoms with Gasteiger partial charge in [0.1, 0.15) is 5.82 Å². The zero-order chi connectivity index (χ0) is 14.5. The molecule has 1 aliphatic heterocycles. The molecule has 0 aliphatic carbocycles. The van der Waals surface area contributed by atoms with E-state index < -0.39 is 6.04 Å². The number of hydrazine groups is 1. The molecule has 0 spiro atoms. The largest absolute Gasteiger partial charge is 0.355 e. The maximum atomic E-state index is 12.1. The summed E-state index contributed by atoms with van der Waals surface area (Å²) in [6.45, 7) is 4.68. The van der Waals surface area contributed by atoms with Gasteiger partial charge < -0.3 is 16.0 Å². The van der Waals surface area contributed by atoms with Gasteiger partial charge in [0.15, 0.2) is 0 Å². The number of rotatable bonds is 6. The van der Waals surface area contributed by atoms with Gasteiger partial charge in [0.05, 0.1) is 6.04 Å². The van der Waals surface area contributed by atoms with Crippen LogP contribution in [0.3, 0.4) is 0 Å². The number of aromatic amines is 1. The molecule has 1 aromatic heterocycles. The SMILES string of the molecule is CC1NNC(C)C1C(N)C(=O)NCCCc1ncc[nH]1. The minimum absolute atomic E-state index is 0.0846. The number of H-pyrrole nitrogens is 1. The summed E-state index contributed by atoms with van der Waals surface area (Å²) >= 11 is 0. The number of nitrogens with two attached hydrogens (primary N) is 1. The van der Waals surface area contributed by atoms with Crippen LogP contribution in [-0.2, 0) is 11.2 Å². The van der Waals surface area contributed by atoms with E-state index in [2.05, 4.69) is 26.1 Å².